The van der Waals surface area contributed by atoms with E-state index in [0.29, 0.717) is 18.0 Å². The van der Waals surface area contributed by atoms with E-state index in [2.05, 4.69) is 25.7 Å². The molecule has 0 aliphatic carbocycles. The minimum Gasteiger partial charge on any atom is -0.478 e. The molecule has 1 aliphatic rings. The lowest BCUT2D eigenvalue weighted by Gasteiger charge is -2.27. The van der Waals surface area contributed by atoms with Crippen molar-refractivity contribution in [2.45, 2.75) is 33.7 Å². The van der Waals surface area contributed by atoms with E-state index in [0.717, 1.165) is 19.5 Å². The van der Waals surface area contributed by atoms with E-state index in [1.54, 1.807) is 12.1 Å². The highest BCUT2D eigenvalue weighted by atomic mass is 19.1. The number of hydrogen-bond donors (Lipinski definition) is 1. The number of hydrogen-bond acceptors (Lipinski definition) is 2. The maximum absolute atomic E-state index is 14.1. The molecular formula is C16H22FNO2. The Hall–Kier alpha value is -1.42. The summed E-state index contributed by atoms with van der Waals surface area (Å²) in [6.45, 7) is 9.06. The van der Waals surface area contributed by atoms with Crippen LogP contribution in [0.5, 0.6) is 0 Å². The zero-order valence-electron chi connectivity index (χ0n) is 12.3. The third kappa shape index (κ3) is 3.18. The summed E-state index contributed by atoms with van der Waals surface area (Å²) < 4.78 is 14.1. The number of carboxylic acids is 1. The zero-order valence-corrected chi connectivity index (χ0v) is 12.3. The van der Waals surface area contributed by atoms with Crippen LogP contribution in [0.1, 0.15) is 43.1 Å². The Labute approximate surface area is 119 Å². The molecule has 1 saturated heterocycles. The molecule has 0 bridgehead atoms. The molecule has 1 aromatic carbocycles. The van der Waals surface area contributed by atoms with E-state index in [4.69, 9.17) is 5.11 Å². The summed E-state index contributed by atoms with van der Waals surface area (Å²) in [5.74, 6) is -1.20. The normalized spacial score (nSPS) is 20.3. The average molecular weight is 279 g/mol. The molecule has 1 unspecified atom stereocenters. The van der Waals surface area contributed by atoms with Crippen LogP contribution >= 0.6 is 0 Å². The van der Waals surface area contributed by atoms with E-state index >= 15 is 0 Å². The van der Waals surface area contributed by atoms with Crippen LogP contribution < -0.4 is 0 Å². The van der Waals surface area contributed by atoms with Crippen molar-refractivity contribution in [3.05, 3.63) is 35.1 Å². The van der Waals surface area contributed by atoms with Crippen molar-refractivity contribution in [1.82, 2.24) is 4.90 Å². The fourth-order valence-corrected chi connectivity index (χ4v) is 2.79. The van der Waals surface area contributed by atoms with Crippen molar-refractivity contribution in [3.63, 3.8) is 0 Å². The van der Waals surface area contributed by atoms with Crippen molar-refractivity contribution < 1.29 is 14.3 Å². The van der Waals surface area contributed by atoms with E-state index in [1.807, 2.05) is 0 Å². The minimum absolute atomic E-state index is 0.242. The van der Waals surface area contributed by atoms with Crippen LogP contribution in [0.2, 0.25) is 0 Å². The second-order valence-electron chi connectivity index (χ2n) is 6.67. The maximum Gasteiger partial charge on any atom is 0.338 e. The zero-order chi connectivity index (χ0) is 14.9. The summed E-state index contributed by atoms with van der Waals surface area (Å²) in [4.78, 5) is 13.1. The number of rotatable bonds is 3. The lowest BCUT2D eigenvalue weighted by molar-refractivity contribution is 0.0691. The van der Waals surface area contributed by atoms with Crippen molar-refractivity contribution in [2.75, 3.05) is 13.1 Å². The van der Waals surface area contributed by atoms with Gasteiger partial charge in [-0.2, -0.15) is 0 Å². The largest absolute Gasteiger partial charge is 0.478 e. The predicted molar refractivity (Wildman–Crippen MR) is 76.2 cm³/mol. The van der Waals surface area contributed by atoms with Gasteiger partial charge in [-0.1, -0.05) is 32.9 Å². The molecule has 4 heteroatoms. The highest BCUT2D eigenvalue weighted by molar-refractivity contribution is 5.88. The Morgan fingerprint density at radius 3 is 2.70 bits per heavy atom. The molecule has 1 heterocycles. The molecule has 0 saturated carbocycles. The van der Waals surface area contributed by atoms with Crippen molar-refractivity contribution in [2.24, 2.45) is 11.3 Å². The van der Waals surface area contributed by atoms with Crippen molar-refractivity contribution in [1.29, 1.82) is 0 Å². The van der Waals surface area contributed by atoms with Gasteiger partial charge in [0.2, 0.25) is 0 Å². The summed E-state index contributed by atoms with van der Waals surface area (Å²) in [5.41, 5.74) is 0.490. The molecule has 1 aromatic rings. The van der Waals surface area contributed by atoms with Crippen LogP contribution in [-0.4, -0.2) is 29.1 Å². The van der Waals surface area contributed by atoms with Crippen LogP contribution in [-0.2, 0) is 6.54 Å². The van der Waals surface area contributed by atoms with Gasteiger partial charge in [0.25, 0.3) is 0 Å². The van der Waals surface area contributed by atoms with Gasteiger partial charge in [-0.25, -0.2) is 9.18 Å². The standard InChI is InChI=1S/C16H22FNO2/c1-16(2,3)12-7-8-18(10-12)9-11-5-4-6-13(14(11)17)15(19)20/h4-6,12H,7-10H2,1-3H3,(H,19,20). The van der Waals surface area contributed by atoms with Crippen LogP contribution in [0, 0.1) is 17.2 Å². The van der Waals surface area contributed by atoms with Gasteiger partial charge in [-0.05, 0) is 30.4 Å². The van der Waals surface area contributed by atoms with E-state index in [9.17, 15) is 9.18 Å². The highest BCUT2D eigenvalue weighted by Gasteiger charge is 2.32. The van der Waals surface area contributed by atoms with Crippen LogP contribution in [0.3, 0.4) is 0 Å². The van der Waals surface area contributed by atoms with Gasteiger partial charge in [0, 0.05) is 18.7 Å². The predicted octanol–water partition coefficient (Wildman–Crippen LogP) is 3.39. The summed E-state index contributed by atoms with van der Waals surface area (Å²) in [6, 6.07) is 4.59. The lowest BCUT2D eigenvalue weighted by Crippen LogP contribution is -2.26. The van der Waals surface area contributed by atoms with Crippen LogP contribution in [0.4, 0.5) is 4.39 Å². The number of aromatic carboxylic acids is 1. The van der Waals surface area contributed by atoms with Crippen molar-refractivity contribution in [3.8, 4) is 0 Å². The molecule has 1 atom stereocenters. The van der Waals surface area contributed by atoms with E-state index in [1.165, 1.54) is 6.07 Å². The molecule has 2 rings (SSSR count). The summed E-state index contributed by atoms with van der Waals surface area (Å²) >= 11 is 0. The number of carbonyl (C=O) groups is 1. The first-order chi connectivity index (χ1) is 9.29. The van der Waals surface area contributed by atoms with Crippen LogP contribution in [0.25, 0.3) is 0 Å². The topological polar surface area (TPSA) is 40.5 Å². The maximum atomic E-state index is 14.1. The molecule has 0 aromatic heterocycles. The Bertz CT molecular complexity index is 508. The molecule has 0 radical (unpaired) electrons. The summed E-state index contributed by atoms with van der Waals surface area (Å²) in [6.07, 6.45) is 1.11. The van der Waals surface area contributed by atoms with Gasteiger partial charge in [-0.3, -0.25) is 4.90 Å². The fourth-order valence-electron chi connectivity index (χ4n) is 2.79. The average Bonchev–Trinajstić information content (AvgIpc) is 2.80. The number of carboxylic acid groups (broad SMARTS) is 1. The number of likely N-dealkylation sites (tertiary alicyclic amines) is 1. The number of benzene rings is 1. The highest BCUT2D eigenvalue weighted by Crippen LogP contribution is 2.34. The van der Waals surface area contributed by atoms with Gasteiger partial charge >= 0.3 is 5.97 Å². The molecular weight excluding hydrogens is 257 g/mol. The Kier molecular flexibility index (Phi) is 4.14. The first-order valence-corrected chi connectivity index (χ1v) is 7.02. The molecule has 1 fully saturated rings. The Morgan fingerprint density at radius 1 is 1.45 bits per heavy atom. The smallest absolute Gasteiger partial charge is 0.338 e. The number of halogens is 1. The molecule has 20 heavy (non-hydrogen) atoms. The molecule has 0 spiro atoms. The summed E-state index contributed by atoms with van der Waals surface area (Å²) in [7, 11) is 0. The van der Waals surface area contributed by atoms with Crippen LogP contribution in [0.15, 0.2) is 18.2 Å². The molecule has 110 valence electrons. The fraction of sp³-hybridized carbons (Fsp3) is 0.562. The third-order valence-electron chi connectivity index (χ3n) is 4.20. The first-order valence-electron chi connectivity index (χ1n) is 7.02. The van der Waals surface area contributed by atoms with Gasteiger partial charge in [-0.15, -0.1) is 0 Å². The third-order valence-corrected chi connectivity index (χ3v) is 4.20. The van der Waals surface area contributed by atoms with E-state index in [-0.39, 0.29) is 11.0 Å². The van der Waals surface area contributed by atoms with Crippen molar-refractivity contribution >= 4 is 5.97 Å². The van der Waals surface area contributed by atoms with Gasteiger partial charge in [0.1, 0.15) is 5.82 Å². The summed E-state index contributed by atoms with van der Waals surface area (Å²) in [5, 5.41) is 8.95. The Balaban J connectivity index is 2.09. The first kappa shape index (κ1) is 15.0. The van der Waals surface area contributed by atoms with Gasteiger partial charge < -0.3 is 5.11 Å². The molecule has 3 nitrogen and oxygen atoms in total. The Morgan fingerprint density at radius 2 is 2.15 bits per heavy atom. The molecule has 0 amide bonds. The van der Waals surface area contributed by atoms with Gasteiger partial charge in [0.05, 0.1) is 5.56 Å². The second kappa shape index (κ2) is 5.52. The van der Waals surface area contributed by atoms with Gasteiger partial charge in [0.15, 0.2) is 0 Å². The quantitative estimate of drug-likeness (QED) is 0.922. The van der Waals surface area contributed by atoms with E-state index < -0.39 is 11.8 Å². The second-order valence-corrected chi connectivity index (χ2v) is 6.67. The molecule has 1 aliphatic heterocycles. The monoisotopic (exact) mass is 279 g/mol. The number of nitrogens with zero attached hydrogens (tertiary/aromatic N) is 1. The minimum atomic E-state index is -1.21. The molecule has 1 N–H and O–H groups in total. The SMILES string of the molecule is CC(C)(C)C1CCN(Cc2cccc(C(=O)O)c2F)C1. The lowest BCUT2D eigenvalue weighted by atomic mass is 9.80.